The standard InChI is InChI=1S/C14H21NO2/c1-15-13(14(10-16)7-4-8-14)11-5-3-6-12(9-11)17-2/h3,5-6,9,13,15-16H,4,7-8,10H2,1-2H3. The highest BCUT2D eigenvalue weighted by Gasteiger charge is 2.43. The molecule has 17 heavy (non-hydrogen) atoms. The Morgan fingerprint density at radius 3 is 2.71 bits per heavy atom. The van der Waals surface area contributed by atoms with Crippen LogP contribution in [0.25, 0.3) is 0 Å². The number of ether oxygens (including phenoxy) is 1. The molecule has 1 aromatic rings. The van der Waals surface area contributed by atoms with Crippen LogP contribution in [0.5, 0.6) is 5.75 Å². The summed E-state index contributed by atoms with van der Waals surface area (Å²) in [6.45, 7) is 0.246. The summed E-state index contributed by atoms with van der Waals surface area (Å²) in [6.07, 6.45) is 3.39. The van der Waals surface area contributed by atoms with Gasteiger partial charge in [-0.1, -0.05) is 18.6 Å². The maximum atomic E-state index is 9.65. The Hall–Kier alpha value is -1.06. The van der Waals surface area contributed by atoms with Crippen LogP contribution < -0.4 is 10.1 Å². The second-order valence-corrected chi connectivity index (χ2v) is 4.87. The Labute approximate surface area is 103 Å². The fourth-order valence-corrected chi connectivity index (χ4v) is 2.82. The minimum Gasteiger partial charge on any atom is -0.497 e. The highest BCUT2D eigenvalue weighted by atomic mass is 16.5. The van der Waals surface area contributed by atoms with Gasteiger partial charge >= 0.3 is 0 Å². The molecule has 0 spiro atoms. The number of aliphatic hydroxyl groups excluding tert-OH is 1. The first-order valence-corrected chi connectivity index (χ1v) is 6.18. The summed E-state index contributed by atoms with van der Waals surface area (Å²) in [4.78, 5) is 0. The molecule has 1 aromatic carbocycles. The second-order valence-electron chi connectivity index (χ2n) is 4.87. The predicted molar refractivity (Wildman–Crippen MR) is 68.2 cm³/mol. The molecule has 0 amide bonds. The molecular formula is C14H21NO2. The topological polar surface area (TPSA) is 41.5 Å². The molecule has 3 heteroatoms. The van der Waals surface area contributed by atoms with E-state index < -0.39 is 0 Å². The second kappa shape index (κ2) is 5.07. The van der Waals surface area contributed by atoms with E-state index in [0.717, 1.165) is 18.6 Å². The largest absolute Gasteiger partial charge is 0.497 e. The monoisotopic (exact) mass is 235 g/mol. The molecule has 0 radical (unpaired) electrons. The molecule has 1 fully saturated rings. The third-order valence-corrected chi connectivity index (χ3v) is 3.99. The maximum absolute atomic E-state index is 9.65. The summed E-state index contributed by atoms with van der Waals surface area (Å²) in [5.41, 5.74) is 1.21. The van der Waals surface area contributed by atoms with Crippen LogP contribution in [-0.2, 0) is 0 Å². The van der Waals surface area contributed by atoms with Gasteiger partial charge in [-0.25, -0.2) is 0 Å². The third kappa shape index (κ3) is 2.17. The lowest BCUT2D eigenvalue weighted by molar-refractivity contribution is 0.00778. The van der Waals surface area contributed by atoms with Gasteiger partial charge in [-0.05, 0) is 37.6 Å². The smallest absolute Gasteiger partial charge is 0.119 e. The van der Waals surface area contributed by atoms with E-state index in [9.17, 15) is 5.11 Å². The van der Waals surface area contributed by atoms with Gasteiger partial charge < -0.3 is 15.2 Å². The predicted octanol–water partition coefficient (Wildman–Crippen LogP) is 2.12. The quantitative estimate of drug-likeness (QED) is 0.821. The van der Waals surface area contributed by atoms with Crippen molar-refractivity contribution in [1.29, 1.82) is 0 Å². The molecule has 0 aliphatic heterocycles. The first kappa shape index (κ1) is 12.4. The molecule has 1 atom stereocenters. The van der Waals surface area contributed by atoms with Crippen molar-refractivity contribution in [3.8, 4) is 5.75 Å². The van der Waals surface area contributed by atoms with E-state index in [1.807, 2.05) is 19.2 Å². The van der Waals surface area contributed by atoms with Crippen LogP contribution in [0.1, 0.15) is 30.9 Å². The number of aliphatic hydroxyl groups is 1. The van der Waals surface area contributed by atoms with E-state index in [1.165, 1.54) is 12.0 Å². The molecule has 1 unspecified atom stereocenters. The average Bonchev–Trinajstić information content (AvgIpc) is 2.33. The van der Waals surface area contributed by atoms with Crippen molar-refractivity contribution >= 4 is 0 Å². The average molecular weight is 235 g/mol. The van der Waals surface area contributed by atoms with Crippen LogP contribution in [0.2, 0.25) is 0 Å². The fraction of sp³-hybridized carbons (Fsp3) is 0.571. The lowest BCUT2D eigenvalue weighted by Crippen LogP contribution is -2.44. The zero-order valence-corrected chi connectivity index (χ0v) is 10.6. The van der Waals surface area contributed by atoms with Crippen LogP contribution in [0, 0.1) is 5.41 Å². The molecule has 1 aliphatic carbocycles. The number of methoxy groups -OCH3 is 1. The SMILES string of the molecule is CNC(c1cccc(OC)c1)C1(CO)CCC1. The fourth-order valence-electron chi connectivity index (χ4n) is 2.82. The van der Waals surface area contributed by atoms with E-state index in [4.69, 9.17) is 4.74 Å². The minimum absolute atomic E-state index is 0.0150. The number of hydrogen-bond donors (Lipinski definition) is 2. The van der Waals surface area contributed by atoms with Crippen LogP contribution in [0.3, 0.4) is 0 Å². The summed E-state index contributed by atoms with van der Waals surface area (Å²) < 4.78 is 5.26. The molecule has 0 saturated heterocycles. The van der Waals surface area contributed by atoms with Crippen molar-refractivity contribution in [1.82, 2.24) is 5.32 Å². The Morgan fingerprint density at radius 1 is 1.47 bits per heavy atom. The van der Waals surface area contributed by atoms with Crippen molar-refractivity contribution in [2.75, 3.05) is 20.8 Å². The third-order valence-electron chi connectivity index (χ3n) is 3.99. The number of nitrogens with one attached hydrogen (secondary N) is 1. The summed E-state index contributed by atoms with van der Waals surface area (Å²) in [5, 5.41) is 13.0. The normalized spacial score (nSPS) is 19.5. The molecule has 2 N–H and O–H groups in total. The highest BCUT2D eigenvalue weighted by Crippen LogP contribution is 2.49. The summed E-state index contributed by atoms with van der Waals surface area (Å²) in [7, 11) is 3.64. The van der Waals surface area contributed by atoms with Crippen molar-refractivity contribution < 1.29 is 9.84 Å². The zero-order valence-electron chi connectivity index (χ0n) is 10.6. The van der Waals surface area contributed by atoms with Crippen LogP contribution in [0.4, 0.5) is 0 Å². The van der Waals surface area contributed by atoms with E-state index in [2.05, 4.69) is 17.4 Å². The Kier molecular flexibility index (Phi) is 3.69. The van der Waals surface area contributed by atoms with E-state index in [1.54, 1.807) is 7.11 Å². The number of benzene rings is 1. The molecule has 94 valence electrons. The van der Waals surface area contributed by atoms with Gasteiger partial charge in [0.05, 0.1) is 13.7 Å². The number of rotatable bonds is 5. The van der Waals surface area contributed by atoms with Gasteiger partial charge in [0.1, 0.15) is 5.75 Å². The highest BCUT2D eigenvalue weighted by molar-refractivity contribution is 5.32. The van der Waals surface area contributed by atoms with Gasteiger partial charge in [0.2, 0.25) is 0 Å². The summed E-state index contributed by atoms with van der Waals surface area (Å²) in [5.74, 6) is 0.871. The lowest BCUT2D eigenvalue weighted by atomic mass is 9.63. The van der Waals surface area contributed by atoms with Crippen molar-refractivity contribution in [3.63, 3.8) is 0 Å². The summed E-state index contributed by atoms with van der Waals surface area (Å²) >= 11 is 0. The van der Waals surface area contributed by atoms with Gasteiger partial charge in [0.25, 0.3) is 0 Å². The van der Waals surface area contributed by atoms with Crippen molar-refractivity contribution in [2.45, 2.75) is 25.3 Å². The minimum atomic E-state index is 0.0150. The lowest BCUT2D eigenvalue weighted by Gasteiger charge is -2.46. The Balaban J connectivity index is 2.28. The zero-order chi connectivity index (χ0) is 12.3. The van der Waals surface area contributed by atoms with E-state index >= 15 is 0 Å². The molecular weight excluding hydrogens is 214 g/mol. The number of hydrogen-bond acceptors (Lipinski definition) is 3. The maximum Gasteiger partial charge on any atom is 0.119 e. The van der Waals surface area contributed by atoms with Crippen LogP contribution in [0.15, 0.2) is 24.3 Å². The van der Waals surface area contributed by atoms with Gasteiger partial charge in [-0.2, -0.15) is 0 Å². The van der Waals surface area contributed by atoms with Crippen LogP contribution in [-0.4, -0.2) is 25.9 Å². The Bertz CT molecular complexity index is 369. The van der Waals surface area contributed by atoms with Crippen molar-refractivity contribution in [3.05, 3.63) is 29.8 Å². The van der Waals surface area contributed by atoms with Crippen LogP contribution >= 0.6 is 0 Å². The molecule has 0 bridgehead atoms. The molecule has 1 saturated carbocycles. The van der Waals surface area contributed by atoms with Crippen molar-refractivity contribution in [2.24, 2.45) is 5.41 Å². The molecule has 3 nitrogen and oxygen atoms in total. The van der Waals surface area contributed by atoms with E-state index in [-0.39, 0.29) is 18.1 Å². The first-order valence-electron chi connectivity index (χ1n) is 6.18. The molecule has 0 aromatic heterocycles. The Morgan fingerprint density at radius 2 is 2.24 bits per heavy atom. The molecule has 2 rings (SSSR count). The van der Waals surface area contributed by atoms with Gasteiger partial charge in [0, 0.05) is 11.5 Å². The van der Waals surface area contributed by atoms with E-state index in [0.29, 0.717) is 0 Å². The summed E-state index contributed by atoms with van der Waals surface area (Å²) in [6, 6.07) is 8.30. The van der Waals surface area contributed by atoms with Gasteiger partial charge in [0.15, 0.2) is 0 Å². The van der Waals surface area contributed by atoms with Gasteiger partial charge in [-0.3, -0.25) is 0 Å². The first-order chi connectivity index (χ1) is 8.25. The molecule has 1 aliphatic rings. The molecule has 0 heterocycles. The van der Waals surface area contributed by atoms with Gasteiger partial charge in [-0.15, -0.1) is 0 Å².